The maximum Gasteiger partial charge on any atom is 0.306 e. The maximum absolute atomic E-state index is 13.4. The number of rotatable bonds is 49. The van der Waals surface area contributed by atoms with Crippen molar-refractivity contribution in [1.82, 2.24) is 5.32 Å². The molecule has 0 heterocycles. The molecule has 0 aliphatic carbocycles. The zero-order valence-electron chi connectivity index (χ0n) is 44.3. The standard InChI is InChI=1S/C57H105N2O7P/c1-7-10-13-16-19-22-25-28-31-34-37-40-43-46-49-56(60)58-54(53-65-67(62,63)64-52-51-59(4,5)6)55(48-45-42-39-36-33-30-27-24-21-18-15-12-9-3)66-57(61)50-47-44-41-38-35-32-29-26-23-20-17-14-11-8-2/h10-11,13-14,19-20,22-23,45,48,54-55H,7-9,12,15-18,21,24-44,46-47,49-53H2,1-6H3,(H-,58,60,62,63)/b13-10+,14-11+,22-19+,23-20+,48-45+. The fourth-order valence-electron chi connectivity index (χ4n) is 7.71. The van der Waals surface area contributed by atoms with Crippen molar-refractivity contribution in [2.75, 3.05) is 40.9 Å². The van der Waals surface area contributed by atoms with Crippen LogP contribution in [0.5, 0.6) is 0 Å². The Balaban J connectivity index is 5.42. The van der Waals surface area contributed by atoms with Crippen molar-refractivity contribution in [1.29, 1.82) is 0 Å². The monoisotopic (exact) mass is 961 g/mol. The number of phosphoric acid groups is 1. The Morgan fingerprint density at radius 1 is 0.537 bits per heavy atom. The Kier molecular flexibility index (Phi) is 45.8. The van der Waals surface area contributed by atoms with Gasteiger partial charge in [-0.15, -0.1) is 0 Å². The first-order chi connectivity index (χ1) is 32.4. The largest absolute Gasteiger partial charge is 0.756 e. The van der Waals surface area contributed by atoms with Gasteiger partial charge in [-0.2, -0.15) is 0 Å². The fraction of sp³-hybridized carbons (Fsp3) is 0.789. The molecule has 1 N–H and O–H groups in total. The number of carbonyl (C=O) groups excluding carboxylic acids is 2. The molecule has 0 aromatic heterocycles. The van der Waals surface area contributed by atoms with Crippen molar-refractivity contribution in [2.45, 2.75) is 251 Å². The molecule has 0 aliphatic rings. The highest BCUT2D eigenvalue weighted by molar-refractivity contribution is 7.45. The van der Waals surface area contributed by atoms with E-state index in [1.165, 1.54) is 96.3 Å². The molecule has 0 spiro atoms. The average Bonchev–Trinajstić information content (AvgIpc) is 3.28. The molecule has 1 amide bonds. The number of nitrogens with zero attached hydrogens (tertiary/aromatic N) is 1. The van der Waals surface area contributed by atoms with Gasteiger partial charge >= 0.3 is 5.97 Å². The molecule has 390 valence electrons. The van der Waals surface area contributed by atoms with E-state index < -0.39 is 26.6 Å². The summed E-state index contributed by atoms with van der Waals surface area (Å²) in [7, 11) is 1.17. The zero-order chi connectivity index (χ0) is 49.4. The molecule has 0 aromatic rings. The second kappa shape index (κ2) is 47.4. The molecule has 3 unspecified atom stereocenters. The lowest BCUT2D eigenvalue weighted by Crippen LogP contribution is -2.47. The SMILES string of the molecule is CC/C=C/C/C=C/CCCCCCCCCC(=O)NC(COP(=O)([O-])OCC[N+](C)(C)C)C(/C=C/CCCCCCCCCCCCC)OC(=O)CCCCCCCCC/C=C/C/C=C/CC. The van der Waals surface area contributed by atoms with Gasteiger partial charge in [-0.05, 0) is 83.1 Å². The summed E-state index contributed by atoms with van der Waals surface area (Å²) in [5.74, 6) is -0.561. The number of nitrogens with one attached hydrogen (secondary N) is 1. The molecule has 0 saturated heterocycles. The highest BCUT2D eigenvalue weighted by Crippen LogP contribution is 2.38. The maximum atomic E-state index is 13.4. The van der Waals surface area contributed by atoms with E-state index in [9.17, 15) is 19.0 Å². The lowest BCUT2D eigenvalue weighted by molar-refractivity contribution is -0.870. The molecule has 0 fully saturated rings. The fourth-order valence-corrected chi connectivity index (χ4v) is 8.44. The predicted molar refractivity (Wildman–Crippen MR) is 284 cm³/mol. The van der Waals surface area contributed by atoms with Gasteiger partial charge in [0.25, 0.3) is 7.82 Å². The summed E-state index contributed by atoms with van der Waals surface area (Å²) in [5, 5.41) is 3.01. The molecule has 0 radical (unpaired) electrons. The van der Waals surface area contributed by atoms with Crippen LogP contribution >= 0.6 is 7.82 Å². The number of phosphoric ester groups is 1. The first kappa shape index (κ1) is 64.7. The van der Waals surface area contributed by atoms with Crippen LogP contribution in [0.3, 0.4) is 0 Å². The molecule has 0 bridgehead atoms. The lowest BCUT2D eigenvalue weighted by Gasteiger charge is -2.30. The number of amides is 1. The van der Waals surface area contributed by atoms with Crippen LogP contribution in [0, 0.1) is 0 Å². The van der Waals surface area contributed by atoms with Crippen molar-refractivity contribution in [3.05, 3.63) is 60.8 Å². The Morgan fingerprint density at radius 3 is 1.42 bits per heavy atom. The second-order valence-electron chi connectivity index (χ2n) is 19.7. The number of quaternary nitrogens is 1. The first-order valence-electron chi connectivity index (χ1n) is 27.6. The van der Waals surface area contributed by atoms with Gasteiger partial charge in [0.2, 0.25) is 5.91 Å². The molecule has 10 heteroatoms. The van der Waals surface area contributed by atoms with Gasteiger partial charge < -0.3 is 28.5 Å². The molecule has 0 aliphatic heterocycles. The highest BCUT2D eigenvalue weighted by atomic mass is 31.2. The second-order valence-corrected chi connectivity index (χ2v) is 21.1. The predicted octanol–water partition coefficient (Wildman–Crippen LogP) is 15.7. The molecular formula is C57H105N2O7P. The minimum atomic E-state index is -4.70. The summed E-state index contributed by atoms with van der Waals surface area (Å²) in [6.07, 6.45) is 57.5. The Bertz CT molecular complexity index is 1340. The van der Waals surface area contributed by atoms with Crippen LogP contribution < -0.4 is 10.2 Å². The van der Waals surface area contributed by atoms with Crippen molar-refractivity contribution < 1.29 is 37.3 Å². The van der Waals surface area contributed by atoms with Crippen LogP contribution in [0.15, 0.2) is 60.8 Å². The number of allylic oxidation sites excluding steroid dienone is 9. The zero-order valence-corrected chi connectivity index (χ0v) is 45.2. The number of esters is 1. The normalized spacial score (nSPS) is 14.3. The molecule has 0 aromatic carbocycles. The Morgan fingerprint density at radius 2 is 0.955 bits per heavy atom. The van der Waals surface area contributed by atoms with E-state index in [4.69, 9.17) is 13.8 Å². The van der Waals surface area contributed by atoms with Gasteiger partial charge in [-0.1, -0.05) is 204 Å². The van der Waals surface area contributed by atoms with Crippen molar-refractivity contribution in [3.63, 3.8) is 0 Å². The molecule has 3 atom stereocenters. The molecule has 9 nitrogen and oxygen atoms in total. The summed E-state index contributed by atoms with van der Waals surface area (Å²) in [5.41, 5.74) is 0. The molecule has 0 saturated carbocycles. The number of hydrogen-bond acceptors (Lipinski definition) is 7. The van der Waals surface area contributed by atoms with E-state index >= 15 is 0 Å². The first-order valence-corrected chi connectivity index (χ1v) is 29.1. The van der Waals surface area contributed by atoms with Crippen LogP contribution in [0.25, 0.3) is 0 Å². The third kappa shape index (κ3) is 48.5. The van der Waals surface area contributed by atoms with Crippen LogP contribution in [-0.2, 0) is 27.9 Å². The van der Waals surface area contributed by atoms with E-state index in [2.05, 4.69) is 74.7 Å². The Hall–Kier alpha value is -2.29. The average molecular weight is 961 g/mol. The van der Waals surface area contributed by atoms with E-state index in [1.54, 1.807) is 0 Å². The number of ether oxygens (including phenoxy) is 1. The summed E-state index contributed by atoms with van der Waals surface area (Å²) < 4.78 is 30.2. The Labute approximate surface area is 413 Å². The van der Waals surface area contributed by atoms with Crippen LogP contribution in [0.2, 0.25) is 0 Å². The molecule has 67 heavy (non-hydrogen) atoms. The van der Waals surface area contributed by atoms with Gasteiger partial charge in [-0.3, -0.25) is 14.2 Å². The van der Waals surface area contributed by atoms with E-state index in [-0.39, 0.29) is 24.9 Å². The minimum Gasteiger partial charge on any atom is -0.756 e. The highest BCUT2D eigenvalue weighted by Gasteiger charge is 2.27. The lowest BCUT2D eigenvalue weighted by atomic mass is 10.0. The number of likely N-dealkylation sites (N-methyl/N-ethyl adjacent to an activating group) is 1. The van der Waals surface area contributed by atoms with Gasteiger partial charge in [0.1, 0.15) is 19.3 Å². The third-order valence-corrected chi connectivity index (χ3v) is 12.9. The third-order valence-electron chi connectivity index (χ3n) is 11.9. The topological polar surface area (TPSA) is 114 Å². The van der Waals surface area contributed by atoms with Crippen LogP contribution in [-0.4, -0.2) is 69.4 Å². The summed E-state index contributed by atoms with van der Waals surface area (Å²) in [6.45, 7) is 6.61. The molecular weight excluding hydrogens is 856 g/mol. The number of hydrogen-bond donors (Lipinski definition) is 1. The van der Waals surface area contributed by atoms with E-state index in [0.29, 0.717) is 17.4 Å². The van der Waals surface area contributed by atoms with Gasteiger partial charge in [0.05, 0.1) is 33.8 Å². The summed E-state index contributed by atoms with van der Waals surface area (Å²) in [6, 6.07) is -0.895. The van der Waals surface area contributed by atoms with Crippen molar-refractivity contribution in [2.24, 2.45) is 0 Å². The summed E-state index contributed by atoms with van der Waals surface area (Å²) >= 11 is 0. The molecule has 0 rings (SSSR count). The van der Waals surface area contributed by atoms with E-state index in [0.717, 1.165) is 109 Å². The van der Waals surface area contributed by atoms with Crippen molar-refractivity contribution >= 4 is 19.7 Å². The van der Waals surface area contributed by atoms with Crippen LogP contribution in [0.1, 0.15) is 239 Å². The smallest absolute Gasteiger partial charge is 0.306 e. The number of unbranched alkanes of at least 4 members (excludes halogenated alkanes) is 25. The van der Waals surface area contributed by atoms with Gasteiger partial charge in [0, 0.05) is 12.8 Å². The quantitative estimate of drug-likeness (QED) is 0.0212. The van der Waals surface area contributed by atoms with Crippen molar-refractivity contribution in [3.8, 4) is 0 Å². The number of carbonyl (C=O) groups is 2. The minimum absolute atomic E-state index is 0.0267. The van der Waals surface area contributed by atoms with Gasteiger partial charge in [0.15, 0.2) is 0 Å². The summed E-state index contributed by atoms with van der Waals surface area (Å²) in [4.78, 5) is 39.8. The van der Waals surface area contributed by atoms with E-state index in [1.807, 2.05) is 33.3 Å². The van der Waals surface area contributed by atoms with Crippen LogP contribution in [0.4, 0.5) is 0 Å². The van der Waals surface area contributed by atoms with Gasteiger partial charge in [-0.25, -0.2) is 0 Å².